The van der Waals surface area contributed by atoms with Gasteiger partial charge in [-0.25, -0.2) is 4.39 Å². The van der Waals surface area contributed by atoms with Crippen LogP contribution in [0.4, 0.5) is 15.8 Å². The molecule has 2 aliphatic rings. The highest BCUT2D eigenvalue weighted by Crippen LogP contribution is 2.42. The Labute approximate surface area is 221 Å². The van der Waals surface area contributed by atoms with Gasteiger partial charge in [0.05, 0.1) is 35.9 Å². The number of ether oxygens (including phenoxy) is 3. The minimum Gasteiger partial charge on any atom is -0.492 e. The maximum atomic E-state index is 14.5. The van der Waals surface area contributed by atoms with Gasteiger partial charge in [-0.3, -0.25) is 14.7 Å². The van der Waals surface area contributed by atoms with Crippen LogP contribution in [0.5, 0.6) is 11.5 Å². The van der Waals surface area contributed by atoms with Gasteiger partial charge in [-0.1, -0.05) is 12.6 Å². The first-order valence-corrected chi connectivity index (χ1v) is 12.7. The number of H-pyrrole nitrogens is 1. The molecule has 0 spiro atoms. The number of rotatable bonds is 10. The number of halogens is 1. The molecule has 3 aromatic rings. The molecule has 2 atom stereocenters. The standard InChI is InChI=1S/C28H32FN5O4/c1-4-23(36-2)34-14-6-7-17(34)16-38-22-15-30-12-10-18(22)25-26(24-20(32-25)11-13-31-28(24)35)33-21-9-5-8-19(29)27(21)37-3/h4-5,8-10,12,15,17,23,32-33H,1,6-7,11,13-14,16H2,2-3H3,(H,31,35)/t17-,23?/m0/s1. The molecule has 200 valence electrons. The van der Waals surface area contributed by atoms with Crippen LogP contribution in [0.2, 0.25) is 0 Å². The van der Waals surface area contributed by atoms with Crippen LogP contribution in [0.25, 0.3) is 11.3 Å². The Balaban J connectivity index is 1.51. The quantitative estimate of drug-likeness (QED) is 0.343. The van der Waals surface area contributed by atoms with E-state index < -0.39 is 5.82 Å². The van der Waals surface area contributed by atoms with Crippen molar-refractivity contribution in [2.75, 3.05) is 39.2 Å². The summed E-state index contributed by atoms with van der Waals surface area (Å²) in [7, 11) is 3.08. The smallest absolute Gasteiger partial charge is 0.255 e. The number of carbonyl (C=O) groups is 1. The number of nitrogens with one attached hydrogen (secondary N) is 3. The molecule has 0 bridgehead atoms. The third-order valence-electron chi connectivity index (χ3n) is 7.07. The highest BCUT2D eigenvalue weighted by atomic mass is 19.1. The van der Waals surface area contributed by atoms with Gasteiger partial charge in [-0.15, -0.1) is 0 Å². The van der Waals surface area contributed by atoms with Gasteiger partial charge in [-0.2, -0.15) is 0 Å². The Kier molecular flexibility index (Phi) is 7.62. The number of nitrogens with zero attached hydrogens (tertiary/aromatic N) is 2. The SMILES string of the molecule is C=CC(OC)N1CCC[C@H]1COc1cnccc1-c1[nH]c2c(c1Nc1cccc(F)c1OC)C(=O)NCC2. The van der Waals surface area contributed by atoms with Crippen LogP contribution < -0.4 is 20.1 Å². The minimum atomic E-state index is -0.504. The molecule has 10 heteroatoms. The lowest BCUT2D eigenvalue weighted by Crippen LogP contribution is -2.41. The number of hydrogen-bond acceptors (Lipinski definition) is 7. The van der Waals surface area contributed by atoms with Gasteiger partial charge in [-0.05, 0) is 37.1 Å². The van der Waals surface area contributed by atoms with Crippen molar-refractivity contribution < 1.29 is 23.4 Å². The van der Waals surface area contributed by atoms with E-state index in [-0.39, 0.29) is 23.9 Å². The molecule has 0 aliphatic carbocycles. The molecule has 0 saturated carbocycles. The van der Waals surface area contributed by atoms with E-state index in [4.69, 9.17) is 14.2 Å². The van der Waals surface area contributed by atoms with Crippen molar-refractivity contribution >= 4 is 17.3 Å². The molecule has 1 saturated heterocycles. The van der Waals surface area contributed by atoms with Crippen molar-refractivity contribution in [3.63, 3.8) is 0 Å². The van der Waals surface area contributed by atoms with Gasteiger partial charge >= 0.3 is 0 Å². The molecule has 2 aliphatic heterocycles. The molecule has 38 heavy (non-hydrogen) atoms. The van der Waals surface area contributed by atoms with E-state index in [0.717, 1.165) is 30.6 Å². The summed E-state index contributed by atoms with van der Waals surface area (Å²) in [6.07, 6.45) is 7.62. The number of aromatic nitrogens is 2. The lowest BCUT2D eigenvalue weighted by atomic mass is 10.0. The number of fused-ring (bicyclic) bond motifs is 1. The van der Waals surface area contributed by atoms with Crippen molar-refractivity contribution in [1.29, 1.82) is 0 Å². The largest absolute Gasteiger partial charge is 0.492 e. The highest BCUT2D eigenvalue weighted by molar-refractivity contribution is 6.06. The van der Waals surface area contributed by atoms with Crippen molar-refractivity contribution in [1.82, 2.24) is 20.2 Å². The first-order valence-electron chi connectivity index (χ1n) is 12.7. The fourth-order valence-electron chi connectivity index (χ4n) is 5.28. The van der Waals surface area contributed by atoms with Gasteiger partial charge in [0.2, 0.25) is 0 Å². The van der Waals surface area contributed by atoms with Crippen LogP contribution >= 0.6 is 0 Å². The second-order valence-corrected chi connectivity index (χ2v) is 9.26. The lowest BCUT2D eigenvalue weighted by molar-refractivity contribution is -0.0144. The summed E-state index contributed by atoms with van der Waals surface area (Å²) >= 11 is 0. The van der Waals surface area contributed by atoms with E-state index in [1.807, 2.05) is 6.07 Å². The molecule has 0 radical (unpaired) electrons. The second kappa shape index (κ2) is 11.2. The van der Waals surface area contributed by atoms with Crippen LogP contribution in [0.15, 0.2) is 49.3 Å². The van der Waals surface area contributed by atoms with Crippen molar-refractivity contribution in [2.45, 2.75) is 31.5 Å². The molecule has 1 unspecified atom stereocenters. The third-order valence-corrected chi connectivity index (χ3v) is 7.07. The fourth-order valence-corrected chi connectivity index (χ4v) is 5.28. The van der Waals surface area contributed by atoms with Gasteiger partial charge in [0.25, 0.3) is 5.91 Å². The molecule has 1 aromatic carbocycles. The first-order chi connectivity index (χ1) is 18.5. The maximum absolute atomic E-state index is 14.5. The predicted octanol–water partition coefficient (Wildman–Crippen LogP) is 4.26. The molecule has 5 rings (SSSR count). The van der Waals surface area contributed by atoms with Crippen molar-refractivity contribution in [2.24, 2.45) is 0 Å². The molecule has 4 heterocycles. The minimum absolute atomic E-state index is 0.0621. The third kappa shape index (κ3) is 4.84. The predicted molar refractivity (Wildman–Crippen MR) is 143 cm³/mol. The van der Waals surface area contributed by atoms with Gasteiger partial charge in [0, 0.05) is 50.1 Å². The van der Waals surface area contributed by atoms with E-state index in [9.17, 15) is 9.18 Å². The Morgan fingerprint density at radius 1 is 1.34 bits per heavy atom. The number of aromatic amines is 1. The van der Waals surface area contributed by atoms with E-state index >= 15 is 0 Å². The highest BCUT2D eigenvalue weighted by Gasteiger charge is 2.31. The zero-order chi connectivity index (χ0) is 26.6. The van der Waals surface area contributed by atoms with Crippen LogP contribution in [0, 0.1) is 5.82 Å². The summed E-state index contributed by atoms with van der Waals surface area (Å²) < 4.78 is 31.7. The lowest BCUT2D eigenvalue weighted by Gasteiger charge is -2.30. The van der Waals surface area contributed by atoms with Crippen LogP contribution in [-0.4, -0.2) is 67.0 Å². The molecule has 3 N–H and O–H groups in total. The number of anilines is 2. The summed E-state index contributed by atoms with van der Waals surface area (Å²) in [6, 6.07) is 6.61. The van der Waals surface area contributed by atoms with E-state index in [1.54, 1.807) is 37.7 Å². The summed E-state index contributed by atoms with van der Waals surface area (Å²) in [5, 5.41) is 6.16. The summed E-state index contributed by atoms with van der Waals surface area (Å²) in [4.78, 5) is 22.9. The average Bonchev–Trinajstić information content (AvgIpc) is 3.54. The number of hydrogen-bond donors (Lipinski definition) is 3. The number of likely N-dealkylation sites (tertiary alicyclic amines) is 1. The zero-order valence-electron chi connectivity index (χ0n) is 21.6. The fraction of sp³-hybridized carbons (Fsp3) is 0.357. The second-order valence-electron chi connectivity index (χ2n) is 9.26. The molecule has 1 fully saturated rings. The van der Waals surface area contributed by atoms with E-state index in [0.29, 0.717) is 48.0 Å². The van der Waals surface area contributed by atoms with E-state index in [2.05, 4.69) is 32.1 Å². The van der Waals surface area contributed by atoms with Gasteiger partial charge in [0.15, 0.2) is 11.6 Å². The normalized spacial score (nSPS) is 18.0. The summed E-state index contributed by atoms with van der Waals surface area (Å²) in [6.45, 7) is 5.75. The number of amides is 1. The Bertz CT molecular complexity index is 1330. The monoisotopic (exact) mass is 521 g/mol. The van der Waals surface area contributed by atoms with Gasteiger partial charge < -0.3 is 29.8 Å². The number of pyridine rings is 1. The molecule has 2 aromatic heterocycles. The van der Waals surface area contributed by atoms with Crippen LogP contribution in [0.3, 0.4) is 0 Å². The number of benzene rings is 1. The zero-order valence-corrected chi connectivity index (χ0v) is 21.6. The molecular formula is C28H32FN5O4. The van der Waals surface area contributed by atoms with E-state index in [1.165, 1.54) is 13.2 Å². The summed E-state index contributed by atoms with van der Waals surface area (Å²) in [5.41, 5.74) is 3.58. The first kappa shape index (κ1) is 25.7. The van der Waals surface area contributed by atoms with Crippen molar-refractivity contribution in [3.05, 3.63) is 66.4 Å². The molecule has 1 amide bonds. The Morgan fingerprint density at radius 2 is 2.21 bits per heavy atom. The Hall–Kier alpha value is -3.89. The van der Waals surface area contributed by atoms with Crippen molar-refractivity contribution in [3.8, 4) is 22.8 Å². The average molecular weight is 522 g/mol. The topological polar surface area (TPSA) is 101 Å². The maximum Gasteiger partial charge on any atom is 0.255 e. The summed E-state index contributed by atoms with van der Waals surface area (Å²) in [5.74, 6) is -0.0807. The van der Waals surface area contributed by atoms with Crippen LogP contribution in [-0.2, 0) is 11.2 Å². The Morgan fingerprint density at radius 3 is 3.00 bits per heavy atom. The molecular weight excluding hydrogens is 489 g/mol. The number of carbonyl (C=O) groups excluding carboxylic acids is 1. The van der Waals surface area contributed by atoms with Crippen LogP contribution in [0.1, 0.15) is 28.9 Å². The molecule has 9 nitrogen and oxygen atoms in total. The van der Waals surface area contributed by atoms with Gasteiger partial charge in [0.1, 0.15) is 18.6 Å². The number of methoxy groups -OCH3 is 2. The number of para-hydroxylation sites is 1.